The summed E-state index contributed by atoms with van der Waals surface area (Å²) in [6, 6.07) is 12.6. The van der Waals surface area contributed by atoms with E-state index >= 15 is 0 Å². The van der Waals surface area contributed by atoms with Crippen molar-refractivity contribution in [3.63, 3.8) is 0 Å². The Kier molecular flexibility index (Phi) is 7.50. The van der Waals surface area contributed by atoms with Gasteiger partial charge in [0, 0.05) is 52.4 Å². The lowest BCUT2D eigenvalue weighted by Gasteiger charge is -2.12. The van der Waals surface area contributed by atoms with Gasteiger partial charge in [-0.25, -0.2) is 4.98 Å². The summed E-state index contributed by atoms with van der Waals surface area (Å²) in [5.41, 5.74) is 9.63. The van der Waals surface area contributed by atoms with Crippen LogP contribution in [-0.4, -0.2) is 39.2 Å². The second-order valence-corrected chi connectivity index (χ2v) is 9.73. The molecular weight excluding hydrogens is 464 g/mol. The van der Waals surface area contributed by atoms with E-state index in [9.17, 15) is 0 Å². The lowest BCUT2D eigenvalue weighted by atomic mass is 10.0. The van der Waals surface area contributed by atoms with Crippen molar-refractivity contribution in [1.82, 2.24) is 25.1 Å². The van der Waals surface area contributed by atoms with E-state index in [1.54, 1.807) is 11.3 Å². The topological polar surface area (TPSA) is 73.5 Å². The van der Waals surface area contributed by atoms with Crippen LogP contribution in [0.25, 0.3) is 39.3 Å². The molecule has 0 fully saturated rings. The van der Waals surface area contributed by atoms with E-state index in [4.69, 9.17) is 4.98 Å². The summed E-state index contributed by atoms with van der Waals surface area (Å²) in [5.74, 6) is 0. The van der Waals surface area contributed by atoms with Crippen LogP contribution < -0.4 is 4.90 Å². The number of allylic oxidation sites excluding steroid dienone is 2. The molecule has 2 N–H and O–H groups in total. The molecule has 5 rings (SSSR count). The first-order valence-electron chi connectivity index (χ1n) is 12.0. The molecule has 0 radical (unpaired) electrons. The molecule has 0 aromatic carbocycles. The summed E-state index contributed by atoms with van der Waals surface area (Å²) in [4.78, 5) is 17.4. The van der Waals surface area contributed by atoms with Gasteiger partial charge in [0.05, 0.1) is 28.8 Å². The highest BCUT2D eigenvalue weighted by Gasteiger charge is 2.18. The van der Waals surface area contributed by atoms with Gasteiger partial charge in [-0.2, -0.15) is 5.10 Å². The number of anilines is 1. The third kappa shape index (κ3) is 4.88. The Bertz CT molecular complexity index is 1530. The molecule has 6 nitrogen and oxygen atoms in total. The van der Waals surface area contributed by atoms with Crippen molar-refractivity contribution in [2.45, 2.75) is 27.7 Å². The van der Waals surface area contributed by atoms with Gasteiger partial charge in [0.25, 0.3) is 0 Å². The third-order valence-electron chi connectivity index (χ3n) is 5.79. The molecule has 0 amide bonds. The normalized spacial score (nSPS) is 11.3. The Hall–Kier alpha value is -3.97. The van der Waals surface area contributed by atoms with Crippen molar-refractivity contribution >= 4 is 33.6 Å². The number of hydrogen-bond acceptors (Lipinski definition) is 5. The van der Waals surface area contributed by atoms with Crippen molar-refractivity contribution in [3.05, 3.63) is 88.5 Å². The maximum Gasteiger partial charge on any atom is 0.135 e. The number of H-pyrrole nitrogens is 2. The fraction of sp³-hybridized carbons (Fsp3) is 0.207. The minimum Gasteiger partial charge on any atom is -0.376 e. The Morgan fingerprint density at radius 1 is 1.06 bits per heavy atom. The Balaban J connectivity index is 0.00000148. The predicted octanol–water partition coefficient (Wildman–Crippen LogP) is 7.40. The van der Waals surface area contributed by atoms with Crippen LogP contribution in [0, 0.1) is 13.8 Å². The van der Waals surface area contributed by atoms with Crippen LogP contribution >= 0.6 is 11.3 Å². The fourth-order valence-corrected chi connectivity index (χ4v) is 4.93. The highest BCUT2D eigenvalue weighted by Crippen LogP contribution is 2.35. The number of hydrogen-bond donors (Lipinski definition) is 2. The number of fused-ring (bicyclic) bond motifs is 1. The molecule has 5 aromatic heterocycles. The highest BCUT2D eigenvalue weighted by atomic mass is 32.1. The Morgan fingerprint density at radius 2 is 1.86 bits per heavy atom. The summed E-state index contributed by atoms with van der Waals surface area (Å²) in [7, 11) is 4.01. The summed E-state index contributed by atoms with van der Waals surface area (Å²) < 4.78 is 0. The van der Waals surface area contributed by atoms with Gasteiger partial charge in [0.2, 0.25) is 0 Å². The van der Waals surface area contributed by atoms with Crippen molar-refractivity contribution in [1.29, 1.82) is 0 Å². The average molecular weight is 497 g/mol. The first-order valence-corrected chi connectivity index (χ1v) is 12.8. The molecule has 7 heteroatoms. The molecule has 0 bridgehead atoms. The van der Waals surface area contributed by atoms with Gasteiger partial charge in [0.15, 0.2) is 0 Å². The molecule has 0 aliphatic heterocycles. The van der Waals surface area contributed by atoms with Crippen LogP contribution in [0.15, 0.2) is 67.5 Å². The minimum atomic E-state index is 0.795. The Labute approximate surface area is 216 Å². The molecule has 5 aromatic rings. The highest BCUT2D eigenvalue weighted by molar-refractivity contribution is 7.13. The number of rotatable bonds is 6. The molecule has 0 aliphatic rings. The van der Waals surface area contributed by atoms with Gasteiger partial charge < -0.3 is 9.88 Å². The van der Waals surface area contributed by atoms with Crippen LogP contribution in [0.5, 0.6) is 0 Å². The SMILES string of the molecule is C=C/C=C(/c1ccc(C)s1)c1cc(-c2n[nH]c3ccc(-c4cncc(N(C)C)c4)nc23)[nH]c1C.CC. The molecule has 0 spiro atoms. The van der Waals surface area contributed by atoms with Gasteiger partial charge in [-0.1, -0.05) is 32.6 Å². The van der Waals surface area contributed by atoms with E-state index in [1.807, 2.05) is 63.4 Å². The number of aryl methyl sites for hydroxylation is 2. The van der Waals surface area contributed by atoms with Crippen molar-refractivity contribution in [3.8, 4) is 22.6 Å². The summed E-state index contributed by atoms with van der Waals surface area (Å²) in [6.45, 7) is 12.1. The predicted molar refractivity (Wildman–Crippen MR) is 154 cm³/mol. The maximum atomic E-state index is 4.96. The standard InChI is InChI=1S/C27H26N6S.C2H6/c1-6-7-20(25-11-8-16(2)34-25)21-13-24(29-17(21)3)27-26-23(31-32-27)10-9-22(30-26)18-12-19(33(4)5)15-28-14-18;1-2/h6-15,29H,1H2,2-5H3,(H,31,32);1-2H3/b20-7+;. The number of thiophene rings is 1. The quantitative estimate of drug-likeness (QED) is 0.240. The molecule has 184 valence electrons. The van der Waals surface area contributed by atoms with Crippen molar-refractivity contribution in [2.24, 2.45) is 0 Å². The van der Waals surface area contributed by atoms with Crippen LogP contribution in [0.3, 0.4) is 0 Å². The molecule has 0 saturated heterocycles. The number of nitrogens with zero attached hydrogens (tertiary/aromatic N) is 4. The van der Waals surface area contributed by atoms with Gasteiger partial charge >= 0.3 is 0 Å². The lowest BCUT2D eigenvalue weighted by molar-refractivity contribution is 1.11. The van der Waals surface area contributed by atoms with E-state index < -0.39 is 0 Å². The zero-order chi connectivity index (χ0) is 25.8. The number of nitrogens with one attached hydrogen (secondary N) is 2. The second-order valence-electron chi connectivity index (χ2n) is 8.44. The van der Waals surface area contributed by atoms with E-state index in [0.29, 0.717) is 0 Å². The molecule has 0 saturated carbocycles. The largest absolute Gasteiger partial charge is 0.376 e. The van der Waals surface area contributed by atoms with Crippen molar-refractivity contribution in [2.75, 3.05) is 19.0 Å². The van der Waals surface area contributed by atoms with E-state index in [-0.39, 0.29) is 0 Å². The average Bonchev–Trinajstić information content (AvgIpc) is 3.61. The summed E-state index contributed by atoms with van der Waals surface area (Å²) >= 11 is 1.78. The van der Waals surface area contributed by atoms with Crippen molar-refractivity contribution < 1.29 is 0 Å². The van der Waals surface area contributed by atoms with Gasteiger partial charge in [-0.05, 0) is 50.2 Å². The van der Waals surface area contributed by atoms with Crippen LogP contribution in [0.2, 0.25) is 0 Å². The zero-order valence-electron chi connectivity index (χ0n) is 21.7. The smallest absolute Gasteiger partial charge is 0.135 e. The molecule has 0 unspecified atom stereocenters. The fourth-order valence-electron chi connectivity index (χ4n) is 4.03. The number of aromatic amines is 2. The van der Waals surface area contributed by atoms with Gasteiger partial charge in [-0.3, -0.25) is 10.1 Å². The van der Waals surface area contributed by atoms with Crippen LogP contribution in [0.4, 0.5) is 5.69 Å². The number of aromatic nitrogens is 5. The number of pyridine rings is 2. The summed E-state index contributed by atoms with van der Waals surface area (Å²) in [6.07, 6.45) is 7.59. The third-order valence-corrected chi connectivity index (χ3v) is 6.83. The molecule has 36 heavy (non-hydrogen) atoms. The minimum absolute atomic E-state index is 0.795. The second kappa shape index (κ2) is 10.7. The molecule has 5 heterocycles. The van der Waals surface area contributed by atoms with Crippen LogP contribution in [-0.2, 0) is 0 Å². The monoisotopic (exact) mass is 496 g/mol. The van der Waals surface area contributed by atoms with Gasteiger partial charge in [-0.15, -0.1) is 11.3 Å². The maximum absolute atomic E-state index is 4.96. The molecular formula is C29H32N6S. The van der Waals surface area contributed by atoms with Gasteiger partial charge in [0.1, 0.15) is 11.2 Å². The first kappa shape index (κ1) is 25.1. The zero-order valence-corrected chi connectivity index (χ0v) is 22.5. The molecule has 0 aliphatic carbocycles. The molecule has 0 atom stereocenters. The Morgan fingerprint density at radius 3 is 2.56 bits per heavy atom. The first-order chi connectivity index (χ1) is 17.4. The summed E-state index contributed by atoms with van der Waals surface area (Å²) in [5, 5.41) is 7.73. The van der Waals surface area contributed by atoms with E-state index in [2.05, 4.69) is 70.9 Å². The van der Waals surface area contributed by atoms with E-state index in [1.165, 1.54) is 9.75 Å². The van der Waals surface area contributed by atoms with Crippen LogP contribution in [0.1, 0.15) is 34.9 Å². The van der Waals surface area contributed by atoms with E-state index in [0.717, 1.165) is 56.2 Å². The lowest BCUT2D eigenvalue weighted by Crippen LogP contribution is -2.08.